The van der Waals surface area contributed by atoms with Crippen molar-refractivity contribution in [3.63, 3.8) is 0 Å². The van der Waals surface area contributed by atoms with Gasteiger partial charge in [0.05, 0.1) is 21.3 Å². The van der Waals surface area contributed by atoms with Crippen LogP contribution in [0.25, 0.3) is 11.1 Å². The predicted octanol–water partition coefficient (Wildman–Crippen LogP) is 3.53. The zero-order valence-corrected chi connectivity index (χ0v) is 15.4. The number of aromatic nitrogens is 1. The highest BCUT2D eigenvalue weighted by Crippen LogP contribution is 2.42. The van der Waals surface area contributed by atoms with Crippen LogP contribution in [0.15, 0.2) is 18.2 Å². The molecule has 6 nitrogen and oxygen atoms in total. The molecule has 0 radical (unpaired) electrons. The Labute approximate surface area is 148 Å². The predicted molar refractivity (Wildman–Crippen MR) is 97.2 cm³/mol. The minimum Gasteiger partial charge on any atom is -0.493 e. The molecule has 6 heteroatoms. The second kappa shape index (κ2) is 6.89. The fourth-order valence-corrected chi connectivity index (χ4v) is 2.53. The van der Waals surface area contributed by atoms with Crippen molar-refractivity contribution in [1.82, 2.24) is 4.98 Å². The molecule has 2 N–H and O–H groups in total. The van der Waals surface area contributed by atoms with Gasteiger partial charge in [-0.05, 0) is 23.8 Å². The van der Waals surface area contributed by atoms with Gasteiger partial charge in [0.25, 0.3) is 0 Å². The molecule has 0 saturated heterocycles. The van der Waals surface area contributed by atoms with Gasteiger partial charge in [0.15, 0.2) is 11.5 Å². The molecule has 0 atom stereocenters. The van der Waals surface area contributed by atoms with E-state index < -0.39 is 0 Å². The lowest BCUT2D eigenvalue weighted by Gasteiger charge is -2.21. The summed E-state index contributed by atoms with van der Waals surface area (Å²) in [4.78, 5) is 4.39. The number of hydrogen-bond donors (Lipinski definition) is 1. The topological polar surface area (TPSA) is 90.4 Å². The standard InChI is InChI=1S/C19H23N3O3/c1-19(2,3)16-9-12(13(10-20)18(21)22-16)11-7-14(23-4)17(25-6)15(8-11)24-5/h7-9H,1-6H3,(H2,21,22). The summed E-state index contributed by atoms with van der Waals surface area (Å²) in [5, 5.41) is 9.55. The zero-order valence-electron chi connectivity index (χ0n) is 15.4. The lowest BCUT2D eigenvalue weighted by molar-refractivity contribution is 0.324. The summed E-state index contributed by atoms with van der Waals surface area (Å²) in [5.74, 6) is 1.71. The maximum absolute atomic E-state index is 9.55. The van der Waals surface area contributed by atoms with Crippen LogP contribution in [-0.2, 0) is 5.41 Å². The average molecular weight is 341 g/mol. The molecule has 1 aromatic heterocycles. The van der Waals surface area contributed by atoms with Gasteiger partial charge >= 0.3 is 0 Å². The molecule has 2 aromatic rings. The third kappa shape index (κ3) is 3.45. The minimum absolute atomic E-state index is 0.207. The summed E-state index contributed by atoms with van der Waals surface area (Å²) >= 11 is 0. The average Bonchev–Trinajstić information content (AvgIpc) is 2.58. The summed E-state index contributed by atoms with van der Waals surface area (Å²) in [7, 11) is 4.64. The third-order valence-corrected chi connectivity index (χ3v) is 3.90. The quantitative estimate of drug-likeness (QED) is 0.915. The first-order valence-corrected chi connectivity index (χ1v) is 7.78. The number of hydrogen-bond acceptors (Lipinski definition) is 6. The highest BCUT2D eigenvalue weighted by atomic mass is 16.5. The summed E-state index contributed by atoms with van der Waals surface area (Å²) in [6.07, 6.45) is 0. The van der Waals surface area contributed by atoms with Crippen molar-refractivity contribution in [3.8, 4) is 34.4 Å². The first-order valence-electron chi connectivity index (χ1n) is 7.78. The number of anilines is 1. The van der Waals surface area contributed by atoms with E-state index in [0.717, 1.165) is 11.3 Å². The molecular formula is C19H23N3O3. The lowest BCUT2D eigenvalue weighted by Crippen LogP contribution is -2.15. The first kappa shape index (κ1) is 18.4. The Morgan fingerprint density at radius 3 is 1.96 bits per heavy atom. The number of nitrogens with zero attached hydrogens (tertiary/aromatic N) is 2. The van der Waals surface area contributed by atoms with E-state index in [-0.39, 0.29) is 11.2 Å². The van der Waals surface area contributed by atoms with E-state index in [1.54, 1.807) is 33.5 Å². The number of methoxy groups -OCH3 is 3. The summed E-state index contributed by atoms with van der Waals surface area (Å²) < 4.78 is 16.2. The van der Waals surface area contributed by atoms with Crippen LogP contribution in [0.2, 0.25) is 0 Å². The van der Waals surface area contributed by atoms with Gasteiger partial charge < -0.3 is 19.9 Å². The van der Waals surface area contributed by atoms with Crippen LogP contribution >= 0.6 is 0 Å². The fraction of sp³-hybridized carbons (Fsp3) is 0.368. The Bertz CT molecular complexity index is 808. The lowest BCUT2D eigenvalue weighted by atomic mass is 9.88. The van der Waals surface area contributed by atoms with Gasteiger partial charge in [0.1, 0.15) is 17.5 Å². The fourth-order valence-electron chi connectivity index (χ4n) is 2.53. The largest absolute Gasteiger partial charge is 0.493 e. The van der Waals surface area contributed by atoms with E-state index in [1.807, 2.05) is 26.8 Å². The molecule has 0 amide bonds. The molecule has 0 aliphatic rings. The van der Waals surface area contributed by atoms with Gasteiger partial charge in [0, 0.05) is 16.7 Å². The molecule has 1 heterocycles. The van der Waals surface area contributed by atoms with Gasteiger partial charge in [-0.25, -0.2) is 4.98 Å². The molecule has 1 aromatic carbocycles. The van der Waals surface area contributed by atoms with Crippen LogP contribution in [0.3, 0.4) is 0 Å². The van der Waals surface area contributed by atoms with E-state index in [4.69, 9.17) is 19.9 Å². The highest BCUT2D eigenvalue weighted by Gasteiger charge is 2.22. The van der Waals surface area contributed by atoms with Crippen molar-refractivity contribution < 1.29 is 14.2 Å². The number of benzene rings is 1. The molecule has 2 rings (SSSR count). The van der Waals surface area contributed by atoms with Crippen molar-refractivity contribution >= 4 is 5.82 Å². The molecule has 0 spiro atoms. The number of nitrogen functional groups attached to an aromatic ring is 1. The molecule has 0 saturated carbocycles. The van der Waals surface area contributed by atoms with E-state index in [9.17, 15) is 5.26 Å². The SMILES string of the molecule is COc1cc(-c2cc(C(C)(C)C)nc(N)c2C#N)cc(OC)c1OC. The molecule has 132 valence electrons. The summed E-state index contributed by atoms with van der Waals surface area (Å²) in [6.45, 7) is 6.12. The maximum atomic E-state index is 9.55. The van der Waals surface area contributed by atoms with Gasteiger partial charge in [-0.1, -0.05) is 20.8 Å². The van der Waals surface area contributed by atoms with Crippen LogP contribution in [0, 0.1) is 11.3 Å². The minimum atomic E-state index is -0.211. The highest BCUT2D eigenvalue weighted by molar-refractivity contribution is 5.79. The maximum Gasteiger partial charge on any atom is 0.203 e. The number of ether oxygens (including phenoxy) is 3. The Balaban J connectivity index is 2.81. The van der Waals surface area contributed by atoms with E-state index in [2.05, 4.69) is 11.1 Å². The molecule has 0 aliphatic heterocycles. The molecule has 0 unspecified atom stereocenters. The second-order valence-electron chi connectivity index (χ2n) is 6.59. The molecule has 0 fully saturated rings. The van der Waals surface area contributed by atoms with Crippen LogP contribution in [-0.4, -0.2) is 26.3 Å². The summed E-state index contributed by atoms with van der Waals surface area (Å²) in [6, 6.07) is 7.62. The van der Waals surface area contributed by atoms with Crippen molar-refractivity contribution in [3.05, 3.63) is 29.5 Å². The number of nitrogens with two attached hydrogens (primary N) is 1. The van der Waals surface area contributed by atoms with Gasteiger partial charge in [0.2, 0.25) is 5.75 Å². The Kier molecular flexibility index (Phi) is 5.07. The van der Waals surface area contributed by atoms with Gasteiger partial charge in [-0.3, -0.25) is 0 Å². The van der Waals surface area contributed by atoms with Crippen LogP contribution < -0.4 is 19.9 Å². The Morgan fingerprint density at radius 2 is 1.56 bits per heavy atom. The number of nitriles is 1. The monoisotopic (exact) mass is 341 g/mol. The van der Waals surface area contributed by atoms with Crippen LogP contribution in [0.4, 0.5) is 5.82 Å². The molecule has 25 heavy (non-hydrogen) atoms. The number of pyridine rings is 1. The zero-order chi connectivity index (χ0) is 18.8. The van der Waals surface area contributed by atoms with E-state index in [1.165, 1.54) is 0 Å². The number of rotatable bonds is 4. The smallest absolute Gasteiger partial charge is 0.203 e. The second-order valence-corrected chi connectivity index (χ2v) is 6.59. The van der Waals surface area contributed by atoms with E-state index in [0.29, 0.717) is 28.4 Å². The molecule has 0 bridgehead atoms. The van der Waals surface area contributed by atoms with Crippen molar-refractivity contribution in [2.75, 3.05) is 27.1 Å². The molecule has 0 aliphatic carbocycles. The van der Waals surface area contributed by atoms with Crippen molar-refractivity contribution in [2.24, 2.45) is 0 Å². The van der Waals surface area contributed by atoms with Crippen molar-refractivity contribution in [2.45, 2.75) is 26.2 Å². The third-order valence-electron chi connectivity index (χ3n) is 3.90. The Morgan fingerprint density at radius 1 is 1.00 bits per heavy atom. The van der Waals surface area contributed by atoms with Crippen LogP contribution in [0.5, 0.6) is 17.2 Å². The van der Waals surface area contributed by atoms with E-state index >= 15 is 0 Å². The van der Waals surface area contributed by atoms with Gasteiger partial charge in [-0.2, -0.15) is 5.26 Å². The first-order chi connectivity index (χ1) is 11.8. The summed E-state index contributed by atoms with van der Waals surface area (Å²) in [5.41, 5.74) is 8.37. The normalized spacial score (nSPS) is 10.9. The van der Waals surface area contributed by atoms with Gasteiger partial charge in [-0.15, -0.1) is 0 Å². The Hall–Kier alpha value is -2.94. The van der Waals surface area contributed by atoms with Crippen LogP contribution in [0.1, 0.15) is 32.0 Å². The van der Waals surface area contributed by atoms with Crippen molar-refractivity contribution in [1.29, 1.82) is 5.26 Å². The molecular weight excluding hydrogens is 318 g/mol.